The predicted molar refractivity (Wildman–Crippen MR) is 125 cm³/mol. The van der Waals surface area contributed by atoms with Crippen LogP contribution < -0.4 is 10.1 Å². The van der Waals surface area contributed by atoms with E-state index in [0.717, 1.165) is 35.5 Å². The van der Waals surface area contributed by atoms with Crippen LogP contribution in [0, 0.1) is 13.8 Å². The van der Waals surface area contributed by atoms with E-state index in [1.807, 2.05) is 61.9 Å². The quantitative estimate of drug-likeness (QED) is 0.601. The summed E-state index contributed by atoms with van der Waals surface area (Å²) < 4.78 is 13.1. The molecule has 1 aliphatic rings. The number of carbonyl (C=O) groups excluding carboxylic acids is 1. The first kappa shape index (κ1) is 22.1. The summed E-state index contributed by atoms with van der Waals surface area (Å²) in [5, 5.41) is 7.68. The van der Waals surface area contributed by atoms with Crippen molar-refractivity contribution in [2.45, 2.75) is 39.0 Å². The SMILES string of the molecule is CCOc1ccc(C2(CNC(=O)c3cnn(-c4ccccc4C)c3C)CCOCC2)cc1. The summed E-state index contributed by atoms with van der Waals surface area (Å²) >= 11 is 0. The number of rotatable bonds is 7. The van der Waals surface area contributed by atoms with Gasteiger partial charge in [-0.05, 0) is 62.9 Å². The third kappa shape index (κ3) is 4.41. The molecule has 0 atom stereocenters. The molecule has 2 heterocycles. The van der Waals surface area contributed by atoms with Gasteiger partial charge >= 0.3 is 0 Å². The van der Waals surface area contributed by atoms with Crippen LogP contribution in [0.1, 0.15) is 46.9 Å². The second-order valence-electron chi connectivity index (χ2n) is 8.37. The van der Waals surface area contributed by atoms with E-state index in [1.54, 1.807) is 6.20 Å². The van der Waals surface area contributed by atoms with Gasteiger partial charge in [-0.15, -0.1) is 0 Å². The van der Waals surface area contributed by atoms with Gasteiger partial charge < -0.3 is 14.8 Å². The third-order valence-corrected chi connectivity index (χ3v) is 6.41. The molecule has 1 aromatic heterocycles. The molecule has 0 radical (unpaired) electrons. The normalized spacial score (nSPS) is 15.3. The summed E-state index contributed by atoms with van der Waals surface area (Å²) in [5.41, 5.74) is 4.58. The summed E-state index contributed by atoms with van der Waals surface area (Å²) in [6, 6.07) is 16.3. The maximum absolute atomic E-state index is 13.1. The Bertz CT molecular complexity index is 1070. The van der Waals surface area contributed by atoms with Crippen molar-refractivity contribution < 1.29 is 14.3 Å². The number of benzene rings is 2. The maximum Gasteiger partial charge on any atom is 0.254 e. The van der Waals surface area contributed by atoms with Gasteiger partial charge in [0.15, 0.2) is 0 Å². The molecule has 0 unspecified atom stereocenters. The number of ether oxygens (including phenoxy) is 2. The van der Waals surface area contributed by atoms with Gasteiger partial charge in [0.25, 0.3) is 5.91 Å². The molecule has 4 rings (SSSR count). The largest absolute Gasteiger partial charge is 0.494 e. The van der Waals surface area contributed by atoms with Crippen molar-refractivity contribution in [1.29, 1.82) is 0 Å². The van der Waals surface area contributed by atoms with E-state index in [1.165, 1.54) is 5.56 Å². The van der Waals surface area contributed by atoms with E-state index in [2.05, 4.69) is 22.5 Å². The van der Waals surface area contributed by atoms with Crippen molar-refractivity contribution >= 4 is 5.91 Å². The zero-order valence-electron chi connectivity index (χ0n) is 19.1. The average Bonchev–Trinajstić information content (AvgIpc) is 3.20. The van der Waals surface area contributed by atoms with Crippen LogP contribution in [0.5, 0.6) is 5.75 Å². The van der Waals surface area contributed by atoms with Gasteiger partial charge in [-0.2, -0.15) is 5.10 Å². The zero-order chi connectivity index (χ0) is 22.6. The van der Waals surface area contributed by atoms with Gasteiger partial charge in [0.05, 0.1) is 29.7 Å². The predicted octanol–water partition coefficient (Wildman–Crippen LogP) is 4.37. The lowest BCUT2D eigenvalue weighted by Crippen LogP contribution is -2.44. The fourth-order valence-corrected chi connectivity index (χ4v) is 4.42. The van der Waals surface area contributed by atoms with E-state index in [0.29, 0.717) is 31.9 Å². The van der Waals surface area contributed by atoms with Crippen molar-refractivity contribution in [2.75, 3.05) is 26.4 Å². The Hall–Kier alpha value is -3.12. The van der Waals surface area contributed by atoms with Crippen molar-refractivity contribution in [1.82, 2.24) is 15.1 Å². The Kier molecular flexibility index (Phi) is 6.61. The van der Waals surface area contributed by atoms with Gasteiger partial charge in [0, 0.05) is 25.2 Å². The summed E-state index contributed by atoms with van der Waals surface area (Å²) in [6.07, 6.45) is 3.38. The van der Waals surface area contributed by atoms with E-state index >= 15 is 0 Å². The Morgan fingerprint density at radius 2 is 1.84 bits per heavy atom. The van der Waals surface area contributed by atoms with Gasteiger partial charge in [0.2, 0.25) is 0 Å². The van der Waals surface area contributed by atoms with E-state index < -0.39 is 0 Å². The topological polar surface area (TPSA) is 65.4 Å². The number of hydrogen-bond acceptors (Lipinski definition) is 4. The average molecular weight is 434 g/mol. The van der Waals surface area contributed by atoms with Crippen molar-refractivity contribution in [3.8, 4) is 11.4 Å². The molecule has 168 valence electrons. The van der Waals surface area contributed by atoms with E-state index in [9.17, 15) is 4.79 Å². The molecule has 6 heteroatoms. The monoisotopic (exact) mass is 433 g/mol. The molecule has 1 aliphatic heterocycles. The molecule has 3 aromatic rings. The zero-order valence-corrected chi connectivity index (χ0v) is 19.1. The van der Waals surface area contributed by atoms with Crippen LogP contribution in [0.15, 0.2) is 54.7 Å². The molecule has 32 heavy (non-hydrogen) atoms. The first-order valence-corrected chi connectivity index (χ1v) is 11.2. The Morgan fingerprint density at radius 3 is 2.53 bits per heavy atom. The number of aromatic nitrogens is 2. The smallest absolute Gasteiger partial charge is 0.254 e. The highest BCUT2D eigenvalue weighted by Gasteiger charge is 2.35. The molecule has 1 fully saturated rings. The Morgan fingerprint density at radius 1 is 1.12 bits per heavy atom. The van der Waals surface area contributed by atoms with Gasteiger partial charge in [-0.3, -0.25) is 4.79 Å². The minimum atomic E-state index is -0.154. The first-order chi connectivity index (χ1) is 15.5. The van der Waals surface area contributed by atoms with Crippen LogP contribution in [0.25, 0.3) is 5.69 Å². The summed E-state index contributed by atoms with van der Waals surface area (Å²) in [4.78, 5) is 13.1. The minimum absolute atomic E-state index is 0.0980. The number of hydrogen-bond donors (Lipinski definition) is 1. The molecule has 0 aliphatic carbocycles. The summed E-state index contributed by atoms with van der Waals surface area (Å²) in [7, 11) is 0. The van der Waals surface area contributed by atoms with Crippen LogP contribution in [0.4, 0.5) is 0 Å². The lowest BCUT2D eigenvalue weighted by Gasteiger charge is -2.38. The van der Waals surface area contributed by atoms with Gasteiger partial charge in [-0.25, -0.2) is 4.68 Å². The van der Waals surface area contributed by atoms with Crippen LogP contribution in [0.3, 0.4) is 0 Å². The van der Waals surface area contributed by atoms with Crippen molar-refractivity contribution in [3.05, 3.63) is 77.1 Å². The highest BCUT2D eigenvalue weighted by molar-refractivity contribution is 5.95. The lowest BCUT2D eigenvalue weighted by atomic mass is 9.74. The molecule has 1 saturated heterocycles. The van der Waals surface area contributed by atoms with Gasteiger partial charge in [0.1, 0.15) is 5.75 Å². The lowest BCUT2D eigenvalue weighted by molar-refractivity contribution is 0.0487. The molecule has 0 bridgehead atoms. The second-order valence-corrected chi connectivity index (χ2v) is 8.37. The van der Waals surface area contributed by atoms with Crippen LogP contribution in [-0.4, -0.2) is 42.1 Å². The van der Waals surface area contributed by atoms with Crippen LogP contribution in [0.2, 0.25) is 0 Å². The summed E-state index contributed by atoms with van der Waals surface area (Å²) in [6.45, 7) is 8.53. The Balaban J connectivity index is 1.53. The molecule has 0 spiro atoms. The highest BCUT2D eigenvalue weighted by Crippen LogP contribution is 2.35. The molecular weight excluding hydrogens is 402 g/mol. The number of nitrogens with one attached hydrogen (secondary N) is 1. The standard InChI is InChI=1S/C26H31N3O3/c1-4-32-22-11-9-21(10-12-22)26(13-15-31-16-14-26)18-27-25(30)23-17-28-29(20(23)3)24-8-6-5-7-19(24)2/h5-12,17H,4,13-16,18H2,1-3H3,(H,27,30). The highest BCUT2D eigenvalue weighted by atomic mass is 16.5. The molecule has 0 saturated carbocycles. The van der Waals surface area contributed by atoms with Crippen LogP contribution >= 0.6 is 0 Å². The van der Waals surface area contributed by atoms with E-state index in [-0.39, 0.29) is 11.3 Å². The van der Waals surface area contributed by atoms with Crippen molar-refractivity contribution in [3.63, 3.8) is 0 Å². The number of carbonyl (C=O) groups is 1. The second kappa shape index (κ2) is 9.57. The maximum atomic E-state index is 13.1. The number of amides is 1. The number of nitrogens with zero attached hydrogens (tertiary/aromatic N) is 2. The van der Waals surface area contributed by atoms with E-state index in [4.69, 9.17) is 9.47 Å². The minimum Gasteiger partial charge on any atom is -0.494 e. The van der Waals surface area contributed by atoms with Gasteiger partial charge in [-0.1, -0.05) is 30.3 Å². The van der Waals surface area contributed by atoms with Crippen molar-refractivity contribution in [2.24, 2.45) is 0 Å². The van der Waals surface area contributed by atoms with Crippen LogP contribution in [-0.2, 0) is 10.2 Å². The molecule has 1 amide bonds. The molecular formula is C26H31N3O3. The molecule has 2 aromatic carbocycles. The summed E-state index contributed by atoms with van der Waals surface area (Å²) in [5.74, 6) is 0.765. The number of aryl methyl sites for hydroxylation is 1. The fraction of sp³-hybridized carbons (Fsp3) is 0.385. The third-order valence-electron chi connectivity index (χ3n) is 6.41. The first-order valence-electron chi connectivity index (χ1n) is 11.2. The Labute approximate surface area is 189 Å². The molecule has 6 nitrogen and oxygen atoms in total. The fourth-order valence-electron chi connectivity index (χ4n) is 4.42. The molecule has 1 N–H and O–H groups in total. The number of para-hydroxylation sites is 1.